The lowest BCUT2D eigenvalue weighted by Gasteiger charge is -2.33. The van der Waals surface area contributed by atoms with Gasteiger partial charge in [0.05, 0.1) is 6.10 Å². The molecule has 1 aromatic carbocycles. The van der Waals surface area contributed by atoms with E-state index < -0.39 is 0 Å². The quantitative estimate of drug-likeness (QED) is 0.790. The number of aliphatic hydroxyl groups is 1. The molecule has 1 aromatic heterocycles. The van der Waals surface area contributed by atoms with Crippen LogP contribution in [-0.2, 0) is 11.2 Å². The average Bonchev–Trinajstić information content (AvgIpc) is 3.05. The van der Waals surface area contributed by atoms with Crippen LogP contribution in [-0.4, -0.2) is 39.6 Å². The van der Waals surface area contributed by atoms with Gasteiger partial charge in [0.25, 0.3) is 0 Å². The monoisotopic (exact) mass is 420 g/mol. The summed E-state index contributed by atoms with van der Waals surface area (Å²) in [6, 6.07) is 10.3. The van der Waals surface area contributed by atoms with E-state index >= 15 is 0 Å². The summed E-state index contributed by atoms with van der Waals surface area (Å²) < 4.78 is 0. The molecule has 2 aliphatic rings. The van der Waals surface area contributed by atoms with Crippen LogP contribution < -0.4 is 0 Å². The fourth-order valence-electron chi connectivity index (χ4n) is 4.39. The minimum absolute atomic E-state index is 0. The first-order valence-corrected chi connectivity index (χ1v) is 10.2. The summed E-state index contributed by atoms with van der Waals surface area (Å²) in [6.07, 6.45) is 8.39. The standard InChI is InChI=1S/C22H25ClN2O2.ClH/c23-21-14-16(15-7-10-24-11-8-15)1-2-17(21)13-18-9-12-25(22(18)27)19-3-5-20(26)6-4-19;/h1-2,7-8,10-11,14,18-20,26H,3-6,9,12-13H2;1H. The minimum atomic E-state index is -0.188. The maximum Gasteiger partial charge on any atom is 0.226 e. The van der Waals surface area contributed by atoms with Crippen molar-refractivity contribution < 1.29 is 9.90 Å². The Hall–Kier alpha value is -1.62. The molecule has 1 saturated carbocycles. The van der Waals surface area contributed by atoms with Crippen LogP contribution in [0.2, 0.25) is 5.02 Å². The molecule has 2 fully saturated rings. The molecule has 1 unspecified atom stereocenters. The van der Waals surface area contributed by atoms with Gasteiger partial charge in [0.15, 0.2) is 0 Å². The van der Waals surface area contributed by atoms with Crippen LogP contribution in [0.1, 0.15) is 37.7 Å². The maximum absolute atomic E-state index is 12.9. The van der Waals surface area contributed by atoms with Crippen molar-refractivity contribution in [3.8, 4) is 11.1 Å². The zero-order chi connectivity index (χ0) is 18.8. The van der Waals surface area contributed by atoms with Crippen molar-refractivity contribution in [1.29, 1.82) is 0 Å². The van der Waals surface area contributed by atoms with Gasteiger partial charge in [0, 0.05) is 35.9 Å². The maximum atomic E-state index is 12.9. The summed E-state index contributed by atoms with van der Waals surface area (Å²) in [6.45, 7) is 0.830. The van der Waals surface area contributed by atoms with Crippen LogP contribution in [0.3, 0.4) is 0 Å². The third kappa shape index (κ3) is 4.51. The molecule has 1 saturated heterocycles. The van der Waals surface area contributed by atoms with Crippen LogP contribution in [0.4, 0.5) is 0 Å². The van der Waals surface area contributed by atoms with Crippen LogP contribution >= 0.6 is 24.0 Å². The Bertz CT molecular complexity index is 807. The average molecular weight is 421 g/mol. The first-order valence-electron chi connectivity index (χ1n) is 9.79. The van der Waals surface area contributed by atoms with Crippen LogP contribution in [0, 0.1) is 5.92 Å². The molecule has 6 heteroatoms. The Kier molecular flexibility index (Phi) is 6.97. The van der Waals surface area contributed by atoms with E-state index in [-0.39, 0.29) is 30.3 Å². The highest BCUT2D eigenvalue weighted by molar-refractivity contribution is 6.31. The molecule has 4 rings (SSSR count). The lowest BCUT2D eigenvalue weighted by molar-refractivity contribution is -0.133. The Morgan fingerprint density at radius 3 is 2.43 bits per heavy atom. The van der Waals surface area contributed by atoms with E-state index in [9.17, 15) is 9.90 Å². The highest BCUT2D eigenvalue weighted by Crippen LogP contribution is 2.33. The summed E-state index contributed by atoms with van der Waals surface area (Å²) >= 11 is 6.54. The third-order valence-electron chi connectivity index (χ3n) is 5.99. The van der Waals surface area contributed by atoms with Crippen LogP contribution in [0.5, 0.6) is 0 Å². The van der Waals surface area contributed by atoms with Gasteiger partial charge in [-0.05, 0) is 73.4 Å². The first kappa shape index (κ1) is 21.1. The molecule has 1 aliphatic heterocycles. The summed E-state index contributed by atoms with van der Waals surface area (Å²) in [5, 5.41) is 10.4. The Labute approximate surface area is 177 Å². The highest BCUT2D eigenvalue weighted by atomic mass is 35.5. The fourth-order valence-corrected chi connectivity index (χ4v) is 4.64. The molecule has 4 nitrogen and oxygen atoms in total. The molecular formula is C22H26Cl2N2O2. The normalized spacial score (nSPS) is 24.9. The number of pyridine rings is 1. The number of benzene rings is 1. The van der Waals surface area contributed by atoms with E-state index in [1.54, 1.807) is 12.4 Å². The van der Waals surface area contributed by atoms with E-state index in [4.69, 9.17) is 11.6 Å². The Morgan fingerprint density at radius 1 is 1.04 bits per heavy atom. The van der Waals surface area contributed by atoms with Gasteiger partial charge < -0.3 is 10.0 Å². The molecule has 28 heavy (non-hydrogen) atoms. The smallest absolute Gasteiger partial charge is 0.226 e. The Balaban J connectivity index is 0.00000225. The van der Waals surface area contributed by atoms with Crippen molar-refractivity contribution in [3.63, 3.8) is 0 Å². The number of rotatable bonds is 4. The number of aromatic nitrogens is 1. The van der Waals surface area contributed by atoms with Gasteiger partial charge in [-0.2, -0.15) is 0 Å². The summed E-state index contributed by atoms with van der Waals surface area (Å²) in [5.74, 6) is 0.270. The van der Waals surface area contributed by atoms with Crippen molar-refractivity contribution in [2.75, 3.05) is 6.54 Å². The van der Waals surface area contributed by atoms with Gasteiger partial charge in [0.1, 0.15) is 0 Å². The van der Waals surface area contributed by atoms with Crippen molar-refractivity contribution >= 4 is 29.9 Å². The molecule has 0 bridgehead atoms. The van der Waals surface area contributed by atoms with Gasteiger partial charge >= 0.3 is 0 Å². The molecule has 2 aromatic rings. The number of carbonyl (C=O) groups excluding carboxylic acids is 1. The minimum Gasteiger partial charge on any atom is -0.393 e. The number of amides is 1. The lowest BCUT2D eigenvalue weighted by Crippen LogP contribution is -2.41. The lowest BCUT2D eigenvalue weighted by atomic mass is 9.92. The number of aliphatic hydroxyl groups excluding tert-OH is 1. The first-order chi connectivity index (χ1) is 13.1. The molecule has 0 radical (unpaired) electrons. The zero-order valence-corrected chi connectivity index (χ0v) is 17.3. The number of likely N-dealkylation sites (tertiary alicyclic amines) is 1. The zero-order valence-electron chi connectivity index (χ0n) is 15.8. The van der Waals surface area contributed by atoms with Gasteiger partial charge in [0.2, 0.25) is 5.91 Å². The topological polar surface area (TPSA) is 53.4 Å². The Morgan fingerprint density at radius 2 is 1.75 bits per heavy atom. The van der Waals surface area contributed by atoms with Crippen molar-refractivity contribution in [1.82, 2.24) is 9.88 Å². The molecule has 1 amide bonds. The van der Waals surface area contributed by atoms with E-state index in [1.807, 2.05) is 24.3 Å². The predicted molar refractivity (Wildman–Crippen MR) is 114 cm³/mol. The van der Waals surface area contributed by atoms with Gasteiger partial charge in [-0.15, -0.1) is 12.4 Å². The van der Waals surface area contributed by atoms with E-state index in [2.05, 4.69) is 16.0 Å². The SMILES string of the molecule is Cl.O=C1C(Cc2ccc(-c3ccncc3)cc2Cl)CCN1C1CCC(O)CC1. The van der Waals surface area contributed by atoms with Crippen molar-refractivity contribution in [2.45, 2.75) is 50.7 Å². The summed E-state index contributed by atoms with van der Waals surface area (Å²) in [7, 11) is 0. The highest BCUT2D eigenvalue weighted by Gasteiger charge is 2.37. The van der Waals surface area contributed by atoms with Crippen molar-refractivity contribution in [2.24, 2.45) is 5.92 Å². The van der Waals surface area contributed by atoms with Gasteiger partial charge in [-0.1, -0.05) is 23.7 Å². The molecular weight excluding hydrogens is 395 g/mol. The van der Waals surface area contributed by atoms with Crippen LogP contribution in [0.15, 0.2) is 42.7 Å². The predicted octanol–water partition coefficient (Wildman–Crippen LogP) is 4.52. The third-order valence-corrected chi connectivity index (χ3v) is 6.34. The molecule has 0 spiro atoms. The van der Waals surface area contributed by atoms with E-state index in [1.165, 1.54) is 0 Å². The van der Waals surface area contributed by atoms with Gasteiger partial charge in [-0.25, -0.2) is 0 Å². The fraction of sp³-hybridized carbons (Fsp3) is 0.455. The number of halogens is 2. The van der Waals surface area contributed by atoms with E-state index in [0.29, 0.717) is 12.5 Å². The number of carbonyl (C=O) groups is 1. The number of hydrogen-bond acceptors (Lipinski definition) is 3. The second kappa shape index (κ2) is 9.25. The van der Waals surface area contributed by atoms with Crippen molar-refractivity contribution in [3.05, 3.63) is 53.3 Å². The second-order valence-corrected chi connectivity index (χ2v) is 8.13. The number of nitrogens with zero attached hydrogens (tertiary/aromatic N) is 2. The molecule has 2 heterocycles. The number of hydrogen-bond donors (Lipinski definition) is 1. The summed E-state index contributed by atoms with van der Waals surface area (Å²) in [4.78, 5) is 19.0. The molecule has 150 valence electrons. The second-order valence-electron chi connectivity index (χ2n) is 7.73. The molecule has 1 atom stereocenters. The largest absolute Gasteiger partial charge is 0.393 e. The summed E-state index contributed by atoms with van der Waals surface area (Å²) in [5.41, 5.74) is 3.18. The van der Waals surface area contributed by atoms with Gasteiger partial charge in [-0.3, -0.25) is 9.78 Å². The van der Waals surface area contributed by atoms with E-state index in [0.717, 1.165) is 60.4 Å². The molecule has 1 aliphatic carbocycles. The molecule has 1 N–H and O–H groups in total. The van der Waals surface area contributed by atoms with Crippen LogP contribution in [0.25, 0.3) is 11.1 Å².